The molecule has 0 aliphatic heterocycles. The van der Waals surface area contributed by atoms with Gasteiger partial charge in [-0.2, -0.15) is 4.58 Å². The van der Waals surface area contributed by atoms with Crippen molar-refractivity contribution >= 4 is 9.05 Å². The van der Waals surface area contributed by atoms with E-state index in [4.69, 9.17) is 19.6 Å². The van der Waals surface area contributed by atoms with Gasteiger partial charge in [0, 0.05) is 0 Å². The zero-order chi connectivity index (χ0) is 5.21. The maximum Gasteiger partial charge on any atom is 1.00 e. The third-order valence-corrected chi connectivity index (χ3v) is 0.367. The maximum atomic E-state index is 7.60. The smallest absolute Gasteiger partial charge is 1.00 e. The van der Waals surface area contributed by atoms with E-state index in [9.17, 15) is 0 Å². The Balaban J connectivity index is -0.000000125. The Labute approximate surface area is 64.4 Å². The van der Waals surface area contributed by atoms with Gasteiger partial charge in [-0.15, -0.1) is 0 Å². The molecule has 0 unspecified atom stereocenters. The summed E-state index contributed by atoms with van der Waals surface area (Å²) in [6.07, 6.45) is 0. The molecule has 0 aliphatic carbocycles. The largest absolute Gasteiger partial charge is 1.00 e. The molecule has 0 aromatic heterocycles. The molecule has 40 valence electrons. The molecule has 0 fully saturated rings. The molecular formula is H5NaO5Si. The topological polar surface area (TPSA) is 90.2 Å². The summed E-state index contributed by atoms with van der Waals surface area (Å²) in [6, 6.07) is 0. The van der Waals surface area contributed by atoms with Crippen LogP contribution in [-0.4, -0.2) is 28.7 Å². The van der Waals surface area contributed by atoms with E-state index in [0.717, 1.165) is 0 Å². The Morgan fingerprint density at radius 2 is 1.43 bits per heavy atom. The molecular weight excluding hydrogens is 131 g/mol. The van der Waals surface area contributed by atoms with E-state index in [-0.39, 0.29) is 31.0 Å². The minimum atomic E-state index is -4.58. The van der Waals surface area contributed by atoms with Crippen LogP contribution in [0.15, 0.2) is 0 Å². The molecule has 0 bridgehead atoms. The fourth-order valence-electron chi connectivity index (χ4n) is 0. The van der Waals surface area contributed by atoms with E-state index in [2.05, 4.69) is 4.58 Å². The zero-order valence-corrected chi connectivity index (χ0v) is 6.70. The summed E-state index contributed by atoms with van der Waals surface area (Å²) in [7, 11) is -4.58. The molecule has 0 rings (SSSR count). The molecule has 0 saturated carbocycles. The zero-order valence-electron chi connectivity index (χ0n) is 4.70. The summed E-state index contributed by atoms with van der Waals surface area (Å²) in [4.78, 5) is 22.8. The van der Waals surface area contributed by atoms with E-state index >= 15 is 0 Å². The first-order valence-electron chi connectivity index (χ1n) is 1.06. The van der Waals surface area contributed by atoms with Gasteiger partial charge in [0.05, 0.1) is 0 Å². The van der Waals surface area contributed by atoms with Crippen molar-refractivity contribution in [2.45, 2.75) is 0 Å². The first kappa shape index (κ1) is 10.9. The maximum absolute atomic E-state index is 7.60. The van der Waals surface area contributed by atoms with Crippen molar-refractivity contribution < 1.29 is 55.2 Å². The minimum absolute atomic E-state index is 0. The van der Waals surface area contributed by atoms with Crippen LogP contribution in [0.1, 0.15) is 1.43 Å². The third kappa shape index (κ3) is 10.9. The predicted octanol–water partition coefficient (Wildman–Crippen LogP) is -4.99. The van der Waals surface area contributed by atoms with Gasteiger partial charge >= 0.3 is 38.6 Å². The molecule has 0 heterocycles. The van der Waals surface area contributed by atoms with Crippen LogP contribution < -0.4 is 29.6 Å². The van der Waals surface area contributed by atoms with Gasteiger partial charge in [0.2, 0.25) is 0 Å². The second kappa shape index (κ2) is 3.95. The van der Waals surface area contributed by atoms with Crippen LogP contribution in [-0.2, 0) is 4.58 Å². The summed E-state index contributed by atoms with van der Waals surface area (Å²) < 4.78 is 2.74. The average molecular weight is 136 g/mol. The van der Waals surface area contributed by atoms with E-state index in [1.165, 1.54) is 0 Å². The summed E-state index contributed by atoms with van der Waals surface area (Å²) in [6.45, 7) is 0. The monoisotopic (exact) mass is 136 g/mol. The van der Waals surface area contributed by atoms with Gasteiger partial charge in [-0.05, 0) is 0 Å². The van der Waals surface area contributed by atoms with E-state index in [1.807, 2.05) is 0 Å². The Bertz CT molecular complexity index is 42.2. The Kier molecular flexibility index (Phi) is 6.16. The SMILES string of the molecule is OO[Si](O)(O)O.[H-].[Na+]. The quantitative estimate of drug-likeness (QED) is 0.165. The first-order valence-corrected chi connectivity index (χ1v) is 2.81. The van der Waals surface area contributed by atoms with Crippen molar-refractivity contribution in [2.75, 3.05) is 0 Å². The Hall–Kier alpha value is 1.02. The normalized spacial score (nSPS) is 10.3. The van der Waals surface area contributed by atoms with Crippen molar-refractivity contribution in [3.05, 3.63) is 0 Å². The minimum Gasteiger partial charge on any atom is -1.00 e. The first-order chi connectivity index (χ1) is 2.56. The van der Waals surface area contributed by atoms with Crippen LogP contribution in [0.2, 0.25) is 0 Å². The fourth-order valence-corrected chi connectivity index (χ4v) is 0. The van der Waals surface area contributed by atoms with Crippen LogP contribution in [0.3, 0.4) is 0 Å². The van der Waals surface area contributed by atoms with E-state index < -0.39 is 9.05 Å². The van der Waals surface area contributed by atoms with Crippen molar-refractivity contribution in [3.8, 4) is 0 Å². The van der Waals surface area contributed by atoms with Crippen LogP contribution in [0.25, 0.3) is 0 Å². The van der Waals surface area contributed by atoms with E-state index in [1.54, 1.807) is 0 Å². The summed E-state index contributed by atoms with van der Waals surface area (Å²) in [5, 5.41) is 7.21. The summed E-state index contributed by atoms with van der Waals surface area (Å²) in [5.41, 5.74) is 0. The summed E-state index contributed by atoms with van der Waals surface area (Å²) in [5.74, 6) is 0. The molecule has 0 aromatic carbocycles. The molecule has 7 heavy (non-hydrogen) atoms. The standard InChI is InChI=1S/Na.H4O5Si.H/c;1-5-6(2,3)4;/h;1-4H;/q+1;;-1. The van der Waals surface area contributed by atoms with Crippen LogP contribution in [0.4, 0.5) is 0 Å². The second-order valence-corrected chi connectivity index (χ2v) is 2.00. The second-order valence-electron chi connectivity index (χ2n) is 0.665. The van der Waals surface area contributed by atoms with Crippen molar-refractivity contribution in [3.63, 3.8) is 0 Å². The van der Waals surface area contributed by atoms with E-state index in [0.29, 0.717) is 0 Å². The van der Waals surface area contributed by atoms with Crippen molar-refractivity contribution in [2.24, 2.45) is 0 Å². The molecule has 0 amide bonds. The van der Waals surface area contributed by atoms with Gasteiger partial charge in [0.15, 0.2) is 0 Å². The molecule has 0 radical (unpaired) electrons. The Morgan fingerprint density at radius 3 is 1.43 bits per heavy atom. The van der Waals surface area contributed by atoms with Crippen molar-refractivity contribution in [1.29, 1.82) is 0 Å². The molecule has 0 saturated heterocycles. The Morgan fingerprint density at radius 1 is 1.29 bits per heavy atom. The van der Waals surface area contributed by atoms with Crippen LogP contribution in [0, 0.1) is 0 Å². The number of rotatable bonds is 1. The molecule has 5 nitrogen and oxygen atoms in total. The molecule has 4 N–H and O–H groups in total. The van der Waals surface area contributed by atoms with Crippen LogP contribution >= 0.6 is 0 Å². The molecule has 0 atom stereocenters. The van der Waals surface area contributed by atoms with Gasteiger partial charge in [-0.3, -0.25) is 5.26 Å². The van der Waals surface area contributed by atoms with Gasteiger partial charge in [0.25, 0.3) is 0 Å². The molecule has 7 heteroatoms. The third-order valence-electron chi connectivity index (χ3n) is 0.122. The fraction of sp³-hybridized carbons (Fsp3) is 0. The van der Waals surface area contributed by atoms with Crippen LogP contribution in [0.5, 0.6) is 0 Å². The number of hydrogen-bond donors (Lipinski definition) is 4. The van der Waals surface area contributed by atoms with Gasteiger partial charge in [0.1, 0.15) is 0 Å². The molecule has 0 aliphatic rings. The van der Waals surface area contributed by atoms with Gasteiger partial charge in [-0.25, -0.2) is 0 Å². The predicted molar refractivity (Wildman–Crippen MR) is 17.2 cm³/mol. The average Bonchev–Trinajstić information content (AvgIpc) is 1.35. The molecule has 0 spiro atoms. The van der Waals surface area contributed by atoms with Gasteiger partial charge in [-0.1, -0.05) is 0 Å². The molecule has 0 aromatic rings. The summed E-state index contributed by atoms with van der Waals surface area (Å²) >= 11 is 0. The van der Waals surface area contributed by atoms with Gasteiger partial charge < -0.3 is 15.8 Å². The van der Waals surface area contributed by atoms with Crippen molar-refractivity contribution in [1.82, 2.24) is 0 Å². The number of hydrogen-bond acceptors (Lipinski definition) is 5.